The fourth-order valence-electron chi connectivity index (χ4n) is 3.69. The number of hydrogen-bond acceptors (Lipinski definition) is 4. The van der Waals surface area contributed by atoms with Crippen LogP contribution in [-0.2, 0) is 13.0 Å². The lowest BCUT2D eigenvalue weighted by molar-refractivity contribution is 0.219. The molecule has 0 amide bonds. The minimum Gasteiger partial charge on any atom is -0.496 e. The van der Waals surface area contributed by atoms with Crippen LogP contribution < -0.4 is 14.8 Å². The molecule has 0 aliphatic heterocycles. The first-order valence-electron chi connectivity index (χ1n) is 9.99. The van der Waals surface area contributed by atoms with E-state index in [0.29, 0.717) is 11.6 Å². The average Bonchev–Trinajstić information content (AvgIpc) is 2.77. The molecule has 3 aromatic carbocycles. The van der Waals surface area contributed by atoms with Gasteiger partial charge in [-0.25, -0.2) is 0 Å². The first-order chi connectivity index (χ1) is 14.5. The topological polar surface area (TPSA) is 50.7 Å². The molecule has 0 spiro atoms. The zero-order valence-electron chi connectivity index (χ0n) is 17.8. The number of benzene rings is 3. The highest BCUT2D eigenvalue weighted by Crippen LogP contribution is 2.36. The van der Waals surface area contributed by atoms with Gasteiger partial charge in [-0.05, 0) is 60.4 Å². The number of aliphatic hydroxyl groups excluding tert-OH is 1. The summed E-state index contributed by atoms with van der Waals surface area (Å²) in [7, 11) is 3.32. The zero-order valence-corrected chi connectivity index (χ0v) is 18.6. The molecule has 4 nitrogen and oxygen atoms in total. The highest BCUT2D eigenvalue weighted by atomic mass is 35.5. The van der Waals surface area contributed by atoms with Crippen LogP contribution in [0.5, 0.6) is 11.5 Å². The molecule has 0 fully saturated rings. The van der Waals surface area contributed by atoms with E-state index in [2.05, 4.69) is 18.3 Å². The van der Waals surface area contributed by atoms with Crippen molar-refractivity contribution < 1.29 is 14.6 Å². The van der Waals surface area contributed by atoms with Crippen molar-refractivity contribution in [3.8, 4) is 11.5 Å². The lowest BCUT2D eigenvalue weighted by atomic mass is 9.93. The number of hydrogen-bond donors (Lipinski definition) is 2. The largest absolute Gasteiger partial charge is 0.496 e. The molecule has 30 heavy (non-hydrogen) atoms. The molecule has 0 heterocycles. The number of halogens is 1. The van der Waals surface area contributed by atoms with Gasteiger partial charge in [0.05, 0.1) is 14.2 Å². The van der Waals surface area contributed by atoms with Crippen molar-refractivity contribution in [1.29, 1.82) is 0 Å². The Hall–Kier alpha value is -2.69. The minimum absolute atomic E-state index is 0.559. The van der Waals surface area contributed by atoms with E-state index in [-0.39, 0.29) is 0 Å². The van der Waals surface area contributed by atoms with Crippen LogP contribution in [0.2, 0.25) is 5.02 Å². The van der Waals surface area contributed by atoms with Crippen LogP contribution in [0, 0.1) is 6.92 Å². The molecule has 0 saturated heterocycles. The monoisotopic (exact) mass is 425 g/mol. The Morgan fingerprint density at radius 2 is 1.73 bits per heavy atom. The molecule has 5 heteroatoms. The fraction of sp³-hybridized carbons (Fsp3) is 0.280. The van der Waals surface area contributed by atoms with Crippen molar-refractivity contribution in [2.24, 2.45) is 0 Å². The Balaban J connectivity index is 1.95. The summed E-state index contributed by atoms with van der Waals surface area (Å²) >= 11 is 6.28. The summed E-state index contributed by atoms with van der Waals surface area (Å²) in [5, 5.41) is 15.3. The normalized spacial score (nSPS) is 11.8. The first-order valence-corrected chi connectivity index (χ1v) is 10.4. The maximum atomic E-state index is 11.3. The second-order valence-electron chi connectivity index (χ2n) is 7.18. The summed E-state index contributed by atoms with van der Waals surface area (Å²) in [4.78, 5) is 0. The molecule has 3 rings (SSSR count). The standard InChI is InChI=1S/C25H28ClNO3/c1-5-19-20(7-6-8-23(19)29-3)25(28)21-14-18(26)11-12-22(21)27-15-17-10-9-16(2)13-24(17)30-4/h6-14,25,27-28H,5,15H2,1-4H3. The second kappa shape index (κ2) is 9.88. The third-order valence-corrected chi connectivity index (χ3v) is 5.49. The van der Waals surface area contributed by atoms with Crippen molar-refractivity contribution in [2.45, 2.75) is 32.9 Å². The summed E-state index contributed by atoms with van der Waals surface area (Å²) in [6.45, 7) is 4.64. The maximum Gasteiger partial charge on any atom is 0.124 e. The van der Waals surface area contributed by atoms with E-state index >= 15 is 0 Å². The lowest BCUT2D eigenvalue weighted by Gasteiger charge is -2.21. The van der Waals surface area contributed by atoms with Crippen LogP contribution in [-0.4, -0.2) is 19.3 Å². The Labute approximate surface area is 183 Å². The molecule has 3 aromatic rings. The maximum absolute atomic E-state index is 11.3. The summed E-state index contributed by atoms with van der Waals surface area (Å²) in [5.41, 5.74) is 5.52. The second-order valence-corrected chi connectivity index (χ2v) is 7.62. The number of ether oxygens (including phenoxy) is 2. The Bertz CT molecular complexity index is 1020. The zero-order chi connectivity index (χ0) is 21.7. The summed E-state index contributed by atoms with van der Waals surface area (Å²) < 4.78 is 11.0. The molecule has 0 aromatic heterocycles. The van der Waals surface area contributed by atoms with E-state index in [9.17, 15) is 5.11 Å². The molecule has 158 valence electrons. The van der Waals surface area contributed by atoms with E-state index < -0.39 is 6.10 Å². The third kappa shape index (κ3) is 4.72. The molecular formula is C25H28ClNO3. The van der Waals surface area contributed by atoms with Crippen molar-refractivity contribution in [2.75, 3.05) is 19.5 Å². The quantitative estimate of drug-likeness (QED) is 0.470. The summed E-state index contributed by atoms with van der Waals surface area (Å²) in [6, 6.07) is 17.4. The molecule has 0 saturated carbocycles. The molecule has 1 unspecified atom stereocenters. The molecule has 0 aliphatic rings. The number of anilines is 1. The van der Waals surface area contributed by atoms with E-state index in [1.54, 1.807) is 20.3 Å². The van der Waals surface area contributed by atoms with E-state index in [0.717, 1.165) is 51.4 Å². The average molecular weight is 426 g/mol. The van der Waals surface area contributed by atoms with Gasteiger partial charge in [0.2, 0.25) is 0 Å². The van der Waals surface area contributed by atoms with Crippen LogP contribution in [0.1, 0.15) is 40.8 Å². The SMILES string of the molecule is CCc1c(OC)cccc1C(O)c1cc(Cl)ccc1NCc1ccc(C)cc1OC. The van der Waals surface area contributed by atoms with Gasteiger partial charge in [-0.1, -0.05) is 42.8 Å². The van der Waals surface area contributed by atoms with Crippen LogP contribution in [0.3, 0.4) is 0 Å². The van der Waals surface area contributed by atoms with E-state index in [4.69, 9.17) is 21.1 Å². The van der Waals surface area contributed by atoms with Gasteiger partial charge in [-0.3, -0.25) is 0 Å². The number of aliphatic hydroxyl groups is 1. The Morgan fingerprint density at radius 1 is 0.967 bits per heavy atom. The summed E-state index contributed by atoms with van der Waals surface area (Å²) in [6.07, 6.45) is -0.0866. The van der Waals surface area contributed by atoms with Crippen molar-refractivity contribution in [3.05, 3.63) is 87.4 Å². The molecule has 1 atom stereocenters. The number of aryl methyl sites for hydroxylation is 1. The van der Waals surface area contributed by atoms with Gasteiger partial charge in [-0.15, -0.1) is 0 Å². The van der Waals surface area contributed by atoms with Gasteiger partial charge >= 0.3 is 0 Å². The van der Waals surface area contributed by atoms with Gasteiger partial charge in [0, 0.05) is 28.4 Å². The summed E-state index contributed by atoms with van der Waals surface area (Å²) in [5.74, 6) is 1.61. The van der Waals surface area contributed by atoms with E-state index in [1.165, 1.54) is 0 Å². The Kier molecular flexibility index (Phi) is 7.24. The van der Waals surface area contributed by atoms with Gasteiger partial charge in [-0.2, -0.15) is 0 Å². The predicted octanol–water partition coefficient (Wildman–Crippen LogP) is 5.92. The molecule has 0 bridgehead atoms. The van der Waals surface area contributed by atoms with Crippen molar-refractivity contribution in [1.82, 2.24) is 0 Å². The van der Waals surface area contributed by atoms with Gasteiger partial charge < -0.3 is 19.9 Å². The van der Waals surface area contributed by atoms with Gasteiger partial charge in [0.1, 0.15) is 17.6 Å². The molecule has 0 radical (unpaired) electrons. The first kappa shape index (κ1) is 22.0. The van der Waals surface area contributed by atoms with Gasteiger partial charge in [0.25, 0.3) is 0 Å². The minimum atomic E-state index is -0.837. The number of methoxy groups -OCH3 is 2. The third-order valence-electron chi connectivity index (χ3n) is 5.26. The van der Waals surface area contributed by atoms with E-state index in [1.807, 2.05) is 49.4 Å². The van der Waals surface area contributed by atoms with Crippen LogP contribution in [0.4, 0.5) is 5.69 Å². The van der Waals surface area contributed by atoms with Crippen LogP contribution >= 0.6 is 11.6 Å². The smallest absolute Gasteiger partial charge is 0.124 e. The molecular weight excluding hydrogens is 398 g/mol. The molecule has 0 aliphatic carbocycles. The van der Waals surface area contributed by atoms with Crippen LogP contribution in [0.15, 0.2) is 54.6 Å². The highest BCUT2D eigenvalue weighted by molar-refractivity contribution is 6.30. The van der Waals surface area contributed by atoms with Crippen LogP contribution in [0.25, 0.3) is 0 Å². The number of rotatable bonds is 8. The predicted molar refractivity (Wildman–Crippen MR) is 123 cm³/mol. The highest BCUT2D eigenvalue weighted by Gasteiger charge is 2.20. The fourth-order valence-corrected chi connectivity index (χ4v) is 3.87. The molecule has 2 N–H and O–H groups in total. The number of nitrogens with one attached hydrogen (secondary N) is 1. The van der Waals surface area contributed by atoms with Crippen molar-refractivity contribution in [3.63, 3.8) is 0 Å². The van der Waals surface area contributed by atoms with Gasteiger partial charge in [0.15, 0.2) is 0 Å². The van der Waals surface area contributed by atoms with Crippen molar-refractivity contribution >= 4 is 17.3 Å². The lowest BCUT2D eigenvalue weighted by Crippen LogP contribution is -2.10. The Morgan fingerprint density at radius 3 is 2.43 bits per heavy atom.